The number of carbonyl (C=O) groups is 1. The zero-order chi connectivity index (χ0) is 19.2. The monoisotopic (exact) mass is 375 g/mol. The zero-order valence-electron chi connectivity index (χ0n) is 14.9. The molecule has 1 fully saturated rings. The molecule has 1 aliphatic rings. The Morgan fingerprint density at radius 3 is 2.58 bits per heavy atom. The van der Waals surface area contributed by atoms with Crippen molar-refractivity contribution >= 4 is 5.91 Å². The van der Waals surface area contributed by atoms with E-state index in [4.69, 9.17) is 9.47 Å². The number of methoxy groups -OCH3 is 1. The summed E-state index contributed by atoms with van der Waals surface area (Å²) in [6, 6.07) is 4.27. The quantitative estimate of drug-likeness (QED) is 0.753. The van der Waals surface area contributed by atoms with Crippen LogP contribution in [-0.2, 0) is 4.74 Å². The van der Waals surface area contributed by atoms with Crippen molar-refractivity contribution in [3.63, 3.8) is 0 Å². The average Bonchev–Trinajstić information content (AvgIpc) is 3.06. The van der Waals surface area contributed by atoms with Crippen molar-refractivity contribution in [1.82, 2.24) is 5.32 Å². The predicted octanol–water partition coefficient (Wildman–Crippen LogP) is 3.71. The van der Waals surface area contributed by atoms with E-state index in [-0.39, 0.29) is 12.7 Å². The summed E-state index contributed by atoms with van der Waals surface area (Å²) in [6.45, 7) is 0.00256. The Hall–Kier alpha value is -1.96. The molecule has 0 saturated heterocycles. The summed E-state index contributed by atoms with van der Waals surface area (Å²) in [5.41, 5.74) is 0.336. The lowest BCUT2D eigenvalue weighted by molar-refractivity contribution is -0.174. The van der Waals surface area contributed by atoms with Crippen LogP contribution in [-0.4, -0.2) is 44.6 Å². The van der Waals surface area contributed by atoms with E-state index < -0.39 is 24.7 Å². The van der Waals surface area contributed by atoms with Gasteiger partial charge in [0.05, 0.1) is 19.8 Å². The number of hydrogen-bond acceptors (Lipinski definition) is 4. The first kappa shape index (κ1) is 20.4. The summed E-state index contributed by atoms with van der Waals surface area (Å²) in [4.78, 5) is 12.3. The molecular weight excluding hydrogens is 351 g/mol. The van der Waals surface area contributed by atoms with Crippen LogP contribution >= 0.6 is 0 Å². The molecule has 1 saturated carbocycles. The number of hydrogen-bond donors (Lipinski definition) is 1. The van der Waals surface area contributed by atoms with Crippen LogP contribution in [0.1, 0.15) is 43.0 Å². The number of rotatable bonds is 8. The van der Waals surface area contributed by atoms with Gasteiger partial charge in [0.15, 0.2) is 11.5 Å². The van der Waals surface area contributed by atoms with E-state index in [1.807, 2.05) is 0 Å². The van der Waals surface area contributed by atoms with Gasteiger partial charge in [-0.25, -0.2) is 0 Å². The normalized spacial score (nSPS) is 16.3. The summed E-state index contributed by atoms with van der Waals surface area (Å²) in [7, 11) is 1.49. The van der Waals surface area contributed by atoms with Gasteiger partial charge in [0.2, 0.25) is 0 Å². The molecule has 0 heterocycles. The highest BCUT2D eigenvalue weighted by Gasteiger charge is 2.27. The van der Waals surface area contributed by atoms with Gasteiger partial charge in [0.1, 0.15) is 6.61 Å². The highest BCUT2D eigenvalue weighted by molar-refractivity contribution is 5.95. The van der Waals surface area contributed by atoms with Crippen LogP contribution in [0.3, 0.4) is 0 Å². The molecule has 0 aromatic heterocycles. The van der Waals surface area contributed by atoms with Gasteiger partial charge >= 0.3 is 6.18 Å². The van der Waals surface area contributed by atoms with Gasteiger partial charge in [-0.3, -0.25) is 4.79 Å². The molecule has 26 heavy (non-hydrogen) atoms. The maximum Gasteiger partial charge on any atom is 0.411 e. The Morgan fingerprint density at radius 1 is 1.27 bits per heavy atom. The molecule has 1 aliphatic carbocycles. The summed E-state index contributed by atoms with van der Waals surface area (Å²) in [5.74, 6) is 0.613. The number of amides is 1. The topological polar surface area (TPSA) is 56.8 Å². The van der Waals surface area contributed by atoms with E-state index in [1.54, 1.807) is 25.1 Å². The molecule has 0 spiro atoms. The van der Waals surface area contributed by atoms with Crippen molar-refractivity contribution in [2.75, 3.05) is 20.3 Å². The Balaban J connectivity index is 1.91. The van der Waals surface area contributed by atoms with Crippen LogP contribution in [0.5, 0.6) is 11.5 Å². The molecule has 8 heteroatoms. The Kier molecular flexibility index (Phi) is 7.14. The van der Waals surface area contributed by atoms with Gasteiger partial charge in [-0.2, -0.15) is 13.2 Å². The summed E-state index contributed by atoms with van der Waals surface area (Å²) in [6.07, 6.45) is 0.0617. The van der Waals surface area contributed by atoms with Crippen molar-refractivity contribution in [3.05, 3.63) is 23.8 Å². The number of ether oxygens (including phenoxy) is 3. The second-order valence-electron chi connectivity index (χ2n) is 6.39. The zero-order valence-corrected chi connectivity index (χ0v) is 14.9. The third-order valence-corrected chi connectivity index (χ3v) is 4.03. The van der Waals surface area contributed by atoms with Crippen LogP contribution in [0, 0.1) is 0 Å². The van der Waals surface area contributed by atoms with Gasteiger partial charge in [-0.05, 0) is 50.8 Å². The third kappa shape index (κ3) is 6.40. The molecule has 2 rings (SSSR count). The van der Waals surface area contributed by atoms with Crippen molar-refractivity contribution < 1.29 is 32.2 Å². The van der Waals surface area contributed by atoms with E-state index in [0.29, 0.717) is 17.1 Å². The molecule has 0 aliphatic heterocycles. The van der Waals surface area contributed by atoms with E-state index in [2.05, 4.69) is 10.1 Å². The maximum atomic E-state index is 12.3. The predicted molar refractivity (Wildman–Crippen MR) is 89.7 cm³/mol. The maximum absolute atomic E-state index is 12.3. The van der Waals surface area contributed by atoms with Crippen molar-refractivity contribution in [2.24, 2.45) is 0 Å². The molecular formula is C18H24F3NO4. The summed E-state index contributed by atoms with van der Waals surface area (Å²) < 4.78 is 52.0. The Labute approximate surface area is 150 Å². The van der Waals surface area contributed by atoms with Crippen LogP contribution in [0.4, 0.5) is 13.2 Å². The lowest BCUT2D eigenvalue weighted by Gasteiger charge is -2.18. The molecule has 1 unspecified atom stereocenters. The molecule has 1 aromatic carbocycles. The second-order valence-corrected chi connectivity index (χ2v) is 6.39. The van der Waals surface area contributed by atoms with E-state index in [0.717, 1.165) is 25.7 Å². The second kappa shape index (κ2) is 9.12. The molecule has 1 N–H and O–H groups in total. The minimum absolute atomic E-state index is 0.161. The first-order valence-corrected chi connectivity index (χ1v) is 8.58. The highest BCUT2D eigenvalue weighted by atomic mass is 19.4. The van der Waals surface area contributed by atoms with Crippen LogP contribution in [0.2, 0.25) is 0 Å². The van der Waals surface area contributed by atoms with Gasteiger partial charge in [0.25, 0.3) is 5.91 Å². The fourth-order valence-electron chi connectivity index (χ4n) is 2.79. The number of halogens is 3. The van der Waals surface area contributed by atoms with E-state index in [1.165, 1.54) is 7.11 Å². The van der Waals surface area contributed by atoms with Crippen LogP contribution < -0.4 is 14.8 Å². The molecule has 1 atom stereocenters. The molecule has 1 amide bonds. The average molecular weight is 375 g/mol. The summed E-state index contributed by atoms with van der Waals surface area (Å²) in [5, 5.41) is 2.60. The van der Waals surface area contributed by atoms with Gasteiger partial charge in [-0.1, -0.05) is 0 Å². The minimum atomic E-state index is -4.38. The number of carbonyl (C=O) groups excluding carboxylic acids is 1. The standard InChI is InChI=1S/C18H24F3NO4/c1-12(10-25-11-18(19,20)21)22-17(23)13-7-8-15(16(9-13)24-2)26-14-5-3-4-6-14/h7-9,12,14H,3-6,10-11H2,1-2H3,(H,22,23). The SMILES string of the molecule is COc1cc(C(=O)NC(C)COCC(F)(F)F)ccc1OC1CCCC1. The minimum Gasteiger partial charge on any atom is -0.493 e. The largest absolute Gasteiger partial charge is 0.493 e. The lowest BCUT2D eigenvalue weighted by Crippen LogP contribution is -2.36. The fourth-order valence-corrected chi connectivity index (χ4v) is 2.79. The van der Waals surface area contributed by atoms with Crippen molar-refractivity contribution in [3.8, 4) is 11.5 Å². The van der Waals surface area contributed by atoms with E-state index >= 15 is 0 Å². The third-order valence-electron chi connectivity index (χ3n) is 4.03. The van der Waals surface area contributed by atoms with Gasteiger partial charge in [-0.15, -0.1) is 0 Å². The molecule has 0 bridgehead atoms. The van der Waals surface area contributed by atoms with Crippen LogP contribution in [0.15, 0.2) is 18.2 Å². The smallest absolute Gasteiger partial charge is 0.411 e. The molecule has 1 aromatic rings. The fraction of sp³-hybridized carbons (Fsp3) is 0.611. The van der Waals surface area contributed by atoms with Gasteiger partial charge < -0.3 is 19.5 Å². The summed E-state index contributed by atoms with van der Waals surface area (Å²) >= 11 is 0. The van der Waals surface area contributed by atoms with Crippen LogP contribution in [0.25, 0.3) is 0 Å². The first-order chi connectivity index (χ1) is 12.3. The molecule has 5 nitrogen and oxygen atoms in total. The number of benzene rings is 1. The molecule has 146 valence electrons. The number of nitrogens with one attached hydrogen (secondary N) is 1. The van der Waals surface area contributed by atoms with Crippen molar-refractivity contribution in [1.29, 1.82) is 0 Å². The Bertz CT molecular complexity index is 601. The Morgan fingerprint density at radius 2 is 1.96 bits per heavy atom. The van der Waals surface area contributed by atoms with Crippen molar-refractivity contribution in [2.45, 2.75) is 50.9 Å². The lowest BCUT2D eigenvalue weighted by atomic mass is 10.1. The highest BCUT2D eigenvalue weighted by Crippen LogP contribution is 2.32. The van der Waals surface area contributed by atoms with Gasteiger partial charge in [0, 0.05) is 11.6 Å². The first-order valence-electron chi connectivity index (χ1n) is 8.58. The molecule has 0 radical (unpaired) electrons. The number of alkyl halides is 3. The van der Waals surface area contributed by atoms with E-state index in [9.17, 15) is 18.0 Å².